The molecule has 0 radical (unpaired) electrons. The van der Waals surface area contributed by atoms with Crippen LogP contribution in [-0.4, -0.2) is 30.5 Å². The number of carbonyl (C=O) groups excluding carboxylic acids is 1. The maximum absolute atomic E-state index is 13.2. The molecular weight excluding hydrogens is 342 g/mol. The molecule has 4 rings (SSSR count). The van der Waals surface area contributed by atoms with E-state index in [9.17, 15) is 4.79 Å². The third-order valence-electron chi connectivity index (χ3n) is 5.92. The van der Waals surface area contributed by atoms with E-state index in [0.717, 1.165) is 44.3 Å². The Bertz CT molecular complexity index is 815. The lowest BCUT2D eigenvalue weighted by Gasteiger charge is -2.29. The molecule has 1 aromatic carbocycles. The number of rotatable bonds is 2. The number of likely N-dealkylation sites (tertiary alicyclic amines) is 1. The van der Waals surface area contributed by atoms with Crippen LogP contribution < -0.4 is 4.74 Å². The first kappa shape index (κ1) is 16.2. The average Bonchev–Trinajstić information content (AvgIpc) is 2.93. The molecule has 1 saturated heterocycles. The van der Waals surface area contributed by atoms with Gasteiger partial charge in [-0.1, -0.05) is 24.9 Å². The highest BCUT2D eigenvalue weighted by atomic mass is 35.5. The molecule has 1 saturated carbocycles. The summed E-state index contributed by atoms with van der Waals surface area (Å²) in [6.07, 6.45) is 3.63. The molecule has 0 N–H and O–H groups in total. The van der Waals surface area contributed by atoms with Crippen molar-refractivity contribution in [2.75, 3.05) is 13.7 Å². The fourth-order valence-electron chi connectivity index (χ4n) is 4.51. The Labute approximate surface area is 151 Å². The normalized spacial score (nSPS) is 26.2. The highest BCUT2D eigenvalue weighted by molar-refractivity contribution is 7.23. The van der Waals surface area contributed by atoms with Gasteiger partial charge in [0, 0.05) is 28.2 Å². The number of benzene rings is 1. The number of methoxy groups -OCH3 is 1. The van der Waals surface area contributed by atoms with E-state index in [1.165, 1.54) is 24.2 Å². The van der Waals surface area contributed by atoms with Crippen molar-refractivity contribution < 1.29 is 9.53 Å². The smallest absolute Gasteiger partial charge is 0.254 e. The van der Waals surface area contributed by atoms with E-state index in [4.69, 9.17) is 16.3 Å². The summed E-state index contributed by atoms with van der Waals surface area (Å²) in [5.41, 5.74) is 1.75. The SMILES string of the molecule is COc1cc(C(=O)N2CC3CCCC2C3C)cc2sc(Cl)c(C)c12. The van der Waals surface area contributed by atoms with Crippen LogP contribution in [0.5, 0.6) is 5.75 Å². The molecule has 3 nitrogen and oxygen atoms in total. The molecular formula is C19H22ClNO2S. The summed E-state index contributed by atoms with van der Waals surface area (Å²) in [7, 11) is 1.65. The van der Waals surface area contributed by atoms with Gasteiger partial charge in [-0.15, -0.1) is 11.3 Å². The van der Waals surface area contributed by atoms with Crippen molar-refractivity contribution in [1.29, 1.82) is 0 Å². The van der Waals surface area contributed by atoms with Crippen LogP contribution in [0.1, 0.15) is 42.1 Å². The summed E-state index contributed by atoms with van der Waals surface area (Å²) >= 11 is 7.82. The molecule has 3 unspecified atom stereocenters. The zero-order valence-electron chi connectivity index (χ0n) is 14.3. The fourth-order valence-corrected chi connectivity index (χ4v) is 5.84. The van der Waals surface area contributed by atoms with Crippen LogP contribution in [0.4, 0.5) is 0 Å². The Hall–Kier alpha value is -1.26. The Balaban J connectivity index is 1.75. The van der Waals surface area contributed by atoms with Crippen LogP contribution >= 0.6 is 22.9 Å². The molecule has 2 aromatic rings. The first-order chi connectivity index (χ1) is 11.5. The summed E-state index contributed by atoms with van der Waals surface area (Å²) in [6.45, 7) is 5.19. The third kappa shape index (κ3) is 2.34. The Morgan fingerprint density at radius 1 is 1.38 bits per heavy atom. The van der Waals surface area contributed by atoms with Gasteiger partial charge in [-0.25, -0.2) is 0 Å². The fraction of sp³-hybridized carbons (Fsp3) is 0.526. The van der Waals surface area contributed by atoms with Crippen molar-refractivity contribution in [3.63, 3.8) is 0 Å². The van der Waals surface area contributed by atoms with Crippen molar-refractivity contribution in [1.82, 2.24) is 4.90 Å². The molecule has 2 aliphatic rings. The number of carbonyl (C=O) groups is 1. The number of amides is 1. The van der Waals surface area contributed by atoms with Crippen molar-refractivity contribution in [2.45, 2.75) is 39.2 Å². The number of thiophene rings is 1. The van der Waals surface area contributed by atoms with Gasteiger partial charge < -0.3 is 9.64 Å². The van der Waals surface area contributed by atoms with E-state index in [1.54, 1.807) is 7.11 Å². The van der Waals surface area contributed by atoms with Gasteiger partial charge in [0.1, 0.15) is 5.75 Å². The van der Waals surface area contributed by atoms with Gasteiger partial charge in [-0.05, 0) is 49.3 Å². The zero-order chi connectivity index (χ0) is 17.0. The summed E-state index contributed by atoms with van der Waals surface area (Å²) in [4.78, 5) is 15.3. The molecule has 2 heterocycles. The topological polar surface area (TPSA) is 29.5 Å². The minimum Gasteiger partial charge on any atom is -0.496 e. The number of nitrogens with zero attached hydrogens (tertiary/aromatic N) is 1. The van der Waals surface area contributed by atoms with Gasteiger partial charge in [-0.3, -0.25) is 4.79 Å². The lowest BCUT2D eigenvalue weighted by molar-refractivity contribution is 0.0715. The van der Waals surface area contributed by atoms with Crippen molar-refractivity contribution in [3.05, 3.63) is 27.6 Å². The van der Waals surface area contributed by atoms with E-state index < -0.39 is 0 Å². The highest BCUT2D eigenvalue weighted by Crippen LogP contribution is 2.43. The lowest BCUT2D eigenvalue weighted by atomic mass is 9.81. The molecule has 5 heteroatoms. The quantitative estimate of drug-likeness (QED) is 0.740. The molecule has 1 aliphatic carbocycles. The minimum atomic E-state index is 0.138. The molecule has 1 amide bonds. The molecule has 2 bridgehead atoms. The van der Waals surface area contributed by atoms with Crippen molar-refractivity contribution in [3.8, 4) is 5.75 Å². The van der Waals surface area contributed by atoms with Crippen LogP contribution in [-0.2, 0) is 0 Å². The van der Waals surface area contributed by atoms with Gasteiger partial charge in [-0.2, -0.15) is 0 Å². The van der Waals surface area contributed by atoms with Crippen LogP contribution in [0.15, 0.2) is 12.1 Å². The number of ether oxygens (including phenoxy) is 1. The second-order valence-electron chi connectivity index (χ2n) is 7.13. The van der Waals surface area contributed by atoms with Gasteiger partial charge in [0.05, 0.1) is 11.4 Å². The van der Waals surface area contributed by atoms with E-state index in [-0.39, 0.29) is 5.91 Å². The Morgan fingerprint density at radius 3 is 2.88 bits per heavy atom. The number of hydrogen-bond acceptors (Lipinski definition) is 3. The van der Waals surface area contributed by atoms with E-state index in [1.807, 2.05) is 19.1 Å². The maximum atomic E-state index is 13.2. The highest BCUT2D eigenvalue weighted by Gasteiger charge is 2.43. The van der Waals surface area contributed by atoms with Gasteiger partial charge >= 0.3 is 0 Å². The Kier molecular flexibility index (Phi) is 4.00. The average molecular weight is 364 g/mol. The number of aryl methyl sites for hydroxylation is 1. The number of fused-ring (bicyclic) bond motifs is 3. The monoisotopic (exact) mass is 363 g/mol. The third-order valence-corrected chi connectivity index (χ3v) is 7.46. The zero-order valence-corrected chi connectivity index (χ0v) is 15.8. The predicted octanol–water partition coefficient (Wildman–Crippen LogP) is 5.13. The van der Waals surface area contributed by atoms with Crippen molar-refractivity contribution >= 4 is 38.9 Å². The summed E-state index contributed by atoms with van der Waals surface area (Å²) in [6, 6.07) is 4.26. The first-order valence-electron chi connectivity index (χ1n) is 8.59. The van der Waals surface area contributed by atoms with Crippen LogP contribution in [0.2, 0.25) is 4.34 Å². The molecule has 1 aromatic heterocycles. The number of hydrogen-bond donors (Lipinski definition) is 0. The van der Waals surface area contributed by atoms with Gasteiger partial charge in [0.2, 0.25) is 0 Å². The van der Waals surface area contributed by atoms with E-state index in [2.05, 4.69) is 11.8 Å². The number of halogens is 1. The second kappa shape index (κ2) is 5.92. The first-order valence-corrected chi connectivity index (χ1v) is 9.78. The van der Waals surface area contributed by atoms with E-state index in [0.29, 0.717) is 17.9 Å². The predicted molar refractivity (Wildman–Crippen MR) is 99.5 cm³/mol. The molecule has 1 aliphatic heterocycles. The largest absolute Gasteiger partial charge is 0.496 e. The molecule has 0 spiro atoms. The molecule has 24 heavy (non-hydrogen) atoms. The second-order valence-corrected chi connectivity index (χ2v) is 8.78. The van der Waals surface area contributed by atoms with Crippen LogP contribution in [0, 0.1) is 18.8 Å². The summed E-state index contributed by atoms with van der Waals surface area (Å²) in [5, 5.41) is 1.03. The molecule has 3 atom stereocenters. The van der Waals surface area contributed by atoms with Gasteiger partial charge in [0.15, 0.2) is 0 Å². The maximum Gasteiger partial charge on any atom is 0.254 e. The Morgan fingerprint density at radius 2 is 2.17 bits per heavy atom. The molecule has 128 valence electrons. The van der Waals surface area contributed by atoms with Crippen LogP contribution in [0.25, 0.3) is 10.1 Å². The summed E-state index contributed by atoms with van der Waals surface area (Å²) in [5.74, 6) is 2.16. The minimum absolute atomic E-state index is 0.138. The van der Waals surface area contributed by atoms with Crippen molar-refractivity contribution in [2.24, 2.45) is 11.8 Å². The van der Waals surface area contributed by atoms with E-state index >= 15 is 0 Å². The lowest BCUT2D eigenvalue weighted by Crippen LogP contribution is -2.37. The molecule has 2 fully saturated rings. The summed E-state index contributed by atoms with van der Waals surface area (Å²) < 4.78 is 7.35. The van der Waals surface area contributed by atoms with Crippen LogP contribution in [0.3, 0.4) is 0 Å². The standard InChI is InChI=1S/C19H22ClNO2S/c1-10-12-5-4-6-14(10)21(9-12)19(22)13-7-15(23-3)17-11(2)18(20)24-16(17)8-13/h7-8,10,12,14H,4-6,9H2,1-3H3. The van der Waals surface area contributed by atoms with Gasteiger partial charge in [0.25, 0.3) is 5.91 Å².